The van der Waals surface area contributed by atoms with Gasteiger partial charge in [-0.1, -0.05) is 141 Å². The molecule has 1 unspecified atom stereocenters. The van der Waals surface area contributed by atoms with Gasteiger partial charge in [0.05, 0.1) is 13.2 Å². The van der Waals surface area contributed by atoms with Crippen LogP contribution in [0.3, 0.4) is 0 Å². The summed E-state index contributed by atoms with van der Waals surface area (Å²) in [6.45, 7) is 6.68. The summed E-state index contributed by atoms with van der Waals surface area (Å²) in [5.41, 5.74) is 0. The maximum absolute atomic E-state index is 13.2. The summed E-state index contributed by atoms with van der Waals surface area (Å²) >= 11 is 0. The highest BCUT2D eigenvalue weighted by atomic mass is 16.5. The number of esters is 1. The first-order chi connectivity index (χ1) is 22.1. The van der Waals surface area contributed by atoms with Crippen molar-refractivity contribution in [3.05, 3.63) is 24.3 Å². The normalized spacial score (nSPS) is 12.4. The highest BCUT2D eigenvalue weighted by Gasteiger charge is 2.29. The van der Waals surface area contributed by atoms with Crippen LogP contribution in [-0.2, 0) is 14.3 Å². The SMILES string of the molecule is CCCCCCCCC=CCCCCCCCC(=O)N(CCO)C(CCCCCCC=CCCCCCCCC)C(=O)OCC. The molecular weight excluding hydrogens is 558 g/mol. The number of hydrogen-bond donors (Lipinski definition) is 1. The lowest BCUT2D eigenvalue weighted by molar-refractivity contribution is -0.155. The molecule has 0 aliphatic rings. The summed E-state index contributed by atoms with van der Waals surface area (Å²) in [5, 5.41) is 9.69. The van der Waals surface area contributed by atoms with Crippen molar-refractivity contribution in [1.29, 1.82) is 0 Å². The average Bonchev–Trinajstić information content (AvgIpc) is 3.04. The fourth-order valence-electron chi connectivity index (χ4n) is 5.92. The van der Waals surface area contributed by atoms with Crippen molar-refractivity contribution in [2.75, 3.05) is 19.8 Å². The molecule has 0 saturated carbocycles. The quantitative estimate of drug-likeness (QED) is 0.0435. The van der Waals surface area contributed by atoms with Gasteiger partial charge in [0.2, 0.25) is 5.91 Å². The van der Waals surface area contributed by atoms with Crippen molar-refractivity contribution in [1.82, 2.24) is 4.90 Å². The smallest absolute Gasteiger partial charge is 0.328 e. The van der Waals surface area contributed by atoms with Gasteiger partial charge in [0.25, 0.3) is 0 Å². The van der Waals surface area contributed by atoms with E-state index in [9.17, 15) is 14.7 Å². The average molecular weight is 634 g/mol. The van der Waals surface area contributed by atoms with E-state index in [1.165, 1.54) is 103 Å². The molecule has 0 aromatic rings. The van der Waals surface area contributed by atoms with Crippen LogP contribution < -0.4 is 0 Å². The van der Waals surface area contributed by atoms with Crippen LogP contribution in [0.15, 0.2) is 24.3 Å². The molecule has 0 bridgehead atoms. The summed E-state index contributed by atoms with van der Waals surface area (Å²) in [5.74, 6) is -0.364. The van der Waals surface area contributed by atoms with Crippen LogP contribution in [0.1, 0.15) is 194 Å². The van der Waals surface area contributed by atoms with Crippen molar-refractivity contribution in [3.63, 3.8) is 0 Å². The van der Waals surface area contributed by atoms with Gasteiger partial charge in [-0.25, -0.2) is 4.79 Å². The van der Waals surface area contributed by atoms with Crippen molar-refractivity contribution in [2.24, 2.45) is 0 Å². The number of carbonyl (C=O) groups excluding carboxylic acids is 2. The zero-order valence-electron chi connectivity index (χ0n) is 30.2. The van der Waals surface area contributed by atoms with E-state index < -0.39 is 6.04 Å². The topological polar surface area (TPSA) is 66.8 Å². The molecule has 45 heavy (non-hydrogen) atoms. The number of allylic oxidation sites excluding steroid dienone is 4. The van der Waals surface area contributed by atoms with Crippen molar-refractivity contribution >= 4 is 11.9 Å². The number of amides is 1. The number of ether oxygens (including phenoxy) is 1. The van der Waals surface area contributed by atoms with Crippen LogP contribution in [0.25, 0.3) is 0 Å². The van der Waals surface area contributed by atoms with Gasteiger partial charge in [0.1, 0.15) is 6.04 Å². The van der Waals surface area contributed by atoms with E-state index in [0.29, 0.717) is 19.4 Å². The monoisotopic (exact) mass is 634 g/mol. The molecule has 1 N–H and O–H groups in total. The van der Waals surface area contributed by atoms with E-state index in [-0.39, 0.29) is 25.0 Å². The fourth-order valence-corrected chi connectivity index (χ4v) is 5.92. The molecule has 0 fully saturated rings. The molecule has 1 amide bonds. The molecule has 0 aromatic heterocycles. The molecule has 0 saturated heterocycles. The van der Waals surface area contributed by atoms with E-state index in [4.69, 9.17) is 4.74 Å². The summed E-state index contributed by atoms with van der Waals surface area (Å²) in [6.07, 6.45) is 40.8. The molecule has 264 valence electrons. The van der Waals surface area contributed by atoms with Gasteiger partial charge in [-0.15, -0.1) is 0 Å². The number of aliphatic hydroxyl groups is 1. The second-order valence-corrected chi connectivity index (χ2v) is 12.9. The van der Waals surface area contributed by atoms with E-state index >= 15 is 0 Å². The number of unbranched alkanes of at least 4 members (excludes halogenated alkanes) is 21. The minimum Gasteiger partial charge on any atom is -0.464 e. The van der Waals surface area contributed by atoms with Crippen molar-refractivity contribution in [3.8, 4) is 0 Å². The predicted octanol–water partition coefficient (Wildman–Crippen LogP) is 11.4. The maximum atomic E-state index is 13.2. The number of rotatable bonds is 34. The Morgan fingerprint density at radius 3 is 1.40 bits per heavy atom. The fraction of sp³-hybridized carbons (Fsp3) is 0.850. The van der Waals surface area contributed by atoms with E-state index in [1.54, 1.807) is 11.8 Å². The Kier molecular flexibility index (Phi) is 34.0. The van der Waals surface area contributed by atoms with Gasteiger partial charge in [-0.3, -0.25) is 4.79 Å². The molecule has 0 rings (SSSR count). The first-order valence-electron chi connectivity index (χ1n) is 19.5. The van der Waals surface area contributed by atoms with Gasteiger partial charge < -0.3 is 14.7 Å². The first-order valence-corrected chi connectivity index (χ1v) is 19.5. The van der Waals surface area contributed by atoms with Crippen LogP contribution in [0.4, 0.5) is 0 Å². The minimum absolute atomic E-state index is 0.0322. The zero-order valence-corrected chi connectivity index (χ0v) is 30.2. The lowest BCUT2D eigenvalue weighted by Crippen LogP contribution is -2.47. The Balaban J connectivity index is 4.23. The molecule has 5 nitrogen and oxygen atoms in total. The van der Waals surface area contributed by atoms with Gasteiger partial charge in [0.15, 0.2) is 0 Å². The predicted molar refractivity (Wildman–Crippen MR) is 194 cm³/mol. The Morgan fingerprint density at radius 1 is 0.578 bits per heavy atom. The molecule has 0 spiro atoms. The third kappa shape index (κ3) is 28.3. The van der Waals surface area contributed by atoms with Crippen molar-refractivity contribution in [2.45, 2.75) is 200 Å². The van der Waals surface area contributed by atoms with E-state index in [2.05, 4.69) is 38.2 Å². The summed E-state index contributed by atoms with van der Waals surface area (Å²) < 4.78 is 5.35. The standard InChI is InChI=1S/C40H75NO4/c1-4-7-9-11-13-15-17-19-21-23-25-27-29-31-33-35-39(43)41(36-37-42)38(40(44)45-6-3)34-32-30-28-26-24-22-20-18-16-14-12-10-8-5-2/h19-22,38,42H,4-18,23-37H2,1-3H3. The highest BCUT2D eigenvalue weighted by molar-refractivity contribution is 5.84. The number of hydrogen-bond acceptors (Lipinski definition) is 4. The summed E-state index contributed by atoms with van der Waals surface area (Å²) in [4.78, 5) is 27.6. The van der Waals surface area contributed by atoms with E-state index in [1.807, 2.05) is 0 Å². The van der Waals surface area contributed by atoms with Crippen LogP contribution in [0, 0.1) is 0 Å². The number of nitrogens with zero attached hydrogens (tertiary/aromatic N) is 1. The highest BCUT2D eigenvalue weighted by Crippen LogP contribution is 2.17. The lowest BCUT2D eigenvalue weighted by atomic mass is 10.0. The molecule has 1 atom stereocenters. The number of carbonyl (C=O) groups is 2. The lowest BCUT2D eigenvalue weighted by Gasteiger charge is -2.30. The van der Waals surface area contributed by atoms with Gasteiger partial charge in [-0.05, 0) is 71.1 Å². The molecular formula is C40H75NO4. The third-order valence-electron chi connectivity index (χ3n) is 8.74. The number of aliphatic hydroxyl groups excluding tert-OH is 1. The largest absolute Gasteiger partial charge is 0.464 e. The summed E-state index contributed by atoms with van der Waals surface area (Å²) in [7, 11) is 0. The maximum Gasteiger partial charge on any atom is 0.328 e. The first kappa shape index (κ1) is 43.4. The van der Waals surface area contributed by atoms with Crippen molar-refractivity contribution < 1.29 is 19.4 Å². The third-order valence-corrected chi connectivity index (χ3v) is 8.74. The second kappa shape index (κ2) is 35.2. The van der Waals surface area contributed by atoms with Crippen LogP contribution in [0.5, 0.6) is 0 Å². The van der Waals surface area contributed by atoms with Gasteiger partial charge in [0, 0.05) is 13.0 Å². The van der Waals surface area contributed by atoms with Crippen LogP contribution in [-0.4, -0.2) is 47.7 Å². The summed E-state index contributed by atoms with van der Waals surface area (Å²) in [6, 6.07) is -0.593. The minimum atomic E-state index is -0.593. The van der Waals surface area contributed by atoms with Gasteiger partial charge in [-0.2, -0.15) is 0 Å². The molecule has 0 heterocycles. The Morgan fingerprint density at radius 2 is 0.978 bits per heavy atom. The molecule has 5 heteroatoms. The van der Waals surface area contributed by atoms with Crippen LogP contribution in [0.2, 0.25) is 0 Å². The molecule has 0 aliphatic heterocycles. The zero-order chi connectivity index (χ0) is 33.1. The molecule has 0 aliphatic carbocycles. The Hall–Kier alpha value is -1.62. The van der Waals surface area contributed by atoms with E-state index in [0.717, 1.165) is 57.8 Å². The molecule has 0 radical (unpaired) electrons. The van der Waals surface area contributed by atoms with Crippen LogP contribution >= 0.6 is 0 Å². The van der Waals surface area contributed by atoms with Gasteiger partial charge >= 0.3 is 5.97 Å². The molecule has 0 aromatic carbocycles. The second-order valence-electron chi connectivity index (χ2n) is 12.9. The Labute approximate surface area is 280 Å². The Bertz CT molecular complexity index is 704.